The molecule has 4 rings (SSSR count). The molecular formula is C32H41F3O4. The summed E-state index contributed by atoms with van der Waals surface area (Å²) in [5.41, 5.74) is 0.861. The van der Waals surface area contributed by atoms with Gasteiger partial charge in [-0.05, 0) is 99.3 Å². The number of carbonyl (C=O) groups is 1. The number of esters is 1. The summed E-state index contributed by atoms with van der Waals surface area (Å²) in [7, 11) is 0. The molecule has 0 aromatic heterocycles. The lowest BCUT2D eigenvalue weighted by molar-refractivity contribution is -0.140. The highest BCUT2D eigenvalue weighted by Crippen LogP contribution is 2.41. The lowest BCUT2D eigenvalue weighted by Crippen LogP contribution is -2.25. The largest absolute Gasteiger partial charge is 0.491 e. The number of rotatable bonds is 11. The van der Waals surface area contributed by atoms with Crippen LogP contribution < -0.4 is 9.47 Å². The molecular weight excluding hydrogens is 505 g/mol. The second-order valence-corrected chi connectivity index (χ2v) is 11.0. The van der Waals surface area contributed by atoms with Crippen molar-refractivity contribution in [2.24, 2.45) is 5.92 Å². The number of halogens is 3. The van der Waals surface area contributed by atoms with E-state index in [9.17, 15) is 9.18 Å². The van der Waals surface area contributed by atoms with E-state index in [0.29, 0.717) is 43.4 Å². The number of unbranched alkanes of at least 4 members (excludes halogenated alkanes) is 1. The highest BCUT2D eigenvalue weighted by atomic mass is 19.2. The summed E-state index contributed by atoms with van der Waals surface area (Å²) in [6.07, 6.45) is 8.47. The van der Waals surface area contributed by atoms with E-state index in [4.69, 9.17) is 14.2 Å². The van der Waals surface area contributed by atoms with Crippen molar-refractivity contribution in [2.75, 3.05) is 13.2 Å². The zero-order valence-corrected chi connectivity index (χ0v) is 23.2. The van der Waals surface area contributed by atoms with Gasteiger partial charge in [-0.1, -0.05) is 32.4 Å². The van der Waals surface area contributed by atoms with Gasteiger partial charge in [-0.15, -0.1) is 0 Å². The summed E-state index contributed by atoms with van der Waals surface area (Å²) in [5.74, 6) is -2.69. The van der Waals surface area contributed by atoms with Crippen molar-refractivity contribution in [3.8, 4) is 11.5 Å². The molecule has 0 aliphatic heterocycles. The van der Waals surface area contributed by atoms with E-state index in [1.54, 1.807) is 12.1 Å². The summed E-state index contributed by atoms with van der Waals surface area (Å²) < 4.78 is 61.4. The van der Waals surface area contributed by atoms with Gasteiger partial charge in [-0.2, -0.15) is 0 Å². The van der Waals surface area contributed by atoms with Gasteiger partial charge in [0.25, 0.3) is 0 Å². The molecule has 2 aromatic carbocycles. The summed E-state index contributed by atoms with van der Waals surface area (Å²) in [5, 5.41) is 0. The molecule has 0 bridgehead atoms. The van der Waals surface area contributed by atoms with Crippen molar-refractivity contribution >= 4 is 5.97 Å². The van der Waals surface area contributed by atoms with Gasteiger partial charge in [0.2, 0.25) is 0 Å². The Morgan fingerprint density at radius 3 is 1.97 bits per heavy atom. The Hall–Kier alpha value is -2.54. The molecule has 0 unspecified atom stereocenters. The molecule has 0 saturated heterocycles. The van der Waals surface area contributed by atoms with Crippen molar-refractivity contribution < 1.29 is 32.2 Å². The summed E-state index contributed by atoms with van der Waals surface area (Å²) in [6, 6.07) is 7.66. The smallest absolute Gasteiger partial charge is 0.314 e. The maximum absolute atomic E-state index is 15.2. The lowest BCUT2D eigenvalue weighted by Gasteiger charge is -2.30. The molecule has 39 heavy (non-hydrogen) atoms. The van der Waals surface area contributed by atoms with Crippen LogP contribution in [0.3, 0.4) is 0 Å². The molecule has 7 heteroatoms. The number of benzene rings is 2. The van der Waals surface area contributed by atoms with Crippen LogP contribution in [-0.2, 0) is 9.53 Å². The maximum Gasteiger partial charge on any atom is 0.314 e. The lowest BCUT2D eigenvalue weighted by atomic mass is 9.77. The van der Waals surface area contributed by atoms with E-state index in [1.165, 1.54) is 12.1 Å². The molecule has 2 aliphatic carbocycles. The Labute approximate surface area is 230 Å². The van der Waals surface area contributed by atoms with E-state index in [1.807, 2.05) is 6.92 Å². The molecule has 0 amide bonds. The van der Waals surface area contributed by atoms with Gasteiger partial charge in [0.15, 0.2) is 23.2 Å². The molecule has 0 N–H and O–H groups in total. The molecule has 0 spiro atoms. The molecule has 0 radical (unpaired) electrons. The SMILES string of the molecule is CCCCOc1ccc(OC(=O)C2CCC(c3ccc(C4CCC(OCCC)CC4)c(F)c3F)CC2)cc1F. The van der Waals surface area contributed by atoms with Crippen LogP contribution in [0.2, 0.25) is 0 Å². The topological polar surface area (TPSA) is 44.8 Å². The standard InChI is InChI=1S/C32H41F3O4/c1-3-5-19-38-29-17-14-25(20-28(29)33)39-32(36)23-8-6-21(7-9-23)26-15-16-27(31(35)30(26)34)22-10-12-24(13-11-22)37-18-4-2/h14-17,20-24H,3-13,18-19H2,1-2H3. The first-order valence-electron chi connectivity index (χ1n) is 14.6. The van der Waals surface area contributed by atoms with Crippen molar-refractivity contribution in [2.45, 2.75) is 102 Å². The Morgan fingerprint density at radius 1 is 0.795 bits per heavy atom. The van der Waals surface area contributed by atoms with Crippen LogP contribution in [0, 0.1) is 23.4 Å². The van der Waals surface area contributed by atoms with E-state index < -0.39 is 23.4 Å². The monoisotopic (exact) mass is 546 g/mol. The average Bonchev–Trinajstić information content (AvgIpc) is 2.95. The average molecular weight is 547 g/mol. The van der Waals surface area contributed by atoms with Gasteiger partial charge < -0.3 is 14.2 Å². The second-order valence-electron chi connectivity index (χ2n) is 11.0. The fourth-order valence-electron chi connectivity index (χ4n) is 5.86. The number of hydrogen-bond donors (Lipinski definition) is 0. The van der Waals surface area contributed by atoms with Crippen LogP contribution in [0.15, 0.2) is 30.3 Å². The van der Waals surface area contributed by atoms with Gasteiger partial charge in [-0.25, -0.2) is 13.2 Å². The minimum Gasteiger partial charge on any atom is -0.491 e. The molecule has 2 aliphatic rings. The molecule has 4 nitrogen and oxygen atoms in total. The summed E-state index contributed by atoms with van der Waals surface area (Å²) in [6.45, 7) is 5.28. The van der Waals surface area contributed by atoms with E-state index >= 15 is 8.78 Å². The second kappa shape index (κ2) is 14.2. The normalized spacial score (nSPS) is 23.4. The Morgan fingerprint density at radius 2 is 1.41 bits per heavy atom. The fraction of sp³-hybridized carbons (Fsp3) is 0.594. The molecule has 0 heterocycles. The van der Waals surface area contributed by atoms with Crippen molar-refractivity contribution in [3.05, 3.63) is 58.9 Å². The summed E-state index contributed by atoms with van der Waals surface area (Å²) in [4.78, 5) is 12.7. The molecule has 0 atom stereocenters. The number of hydrogen-bond acceptors (Lipinski definition) is 4. The van der Waals surface area contributed by atoms with Gasteiger partial charge >= 0.3 is 5.97 Å². The zero-order valence-electron chi connectivity index (χ0n) is 23.2. The molecule has 214 valence electrons. The first kappa shape index (κ1) is 29.4. The maximum atomic E-state index is 15.2. The number of ether oxygens (including phenoxy) is 3. The number of carbonyl (C=O) groups excluding carboxylic acids is 1. The van der Waals surface area contributed by atoms with Crippen molar-refractivity contribution in [1.82, 2.24) is 0 Å². The zero-order chi connectivity index (χ0) is 27.8. The van der Waals surface area contributed by atoms with E-state index in [0.717, 1.165) is 57.6 Å². The Kier molecular flexibility index (Phi) is 10.7. The highest BCUT2D eigenvalue weighted by Gasteiger charge is 2.32. The van der Waals surface area contributed by atoms with Gasteiger partial charge in [-0.3, -0.25) is 4.79 Å². The minimum absolute atomic E-state index is 0.0161. The predicted molar refractivity (Wildman–Crippen MR) is 145 cm³/mol. The van der Waals surface area contributed by atoms with Crippen LogP contribution >= 0.6 is 0 Å². The third-order valence-electron chi connectivity index (χ3n) is 8.19. The minimum atomic E-state index is -0.750. The molecule has 2 fully saturated rings. The first-order chi connectivity index (χ1) is 18.9. The van der Waals surface area contributed by atoms with Gasteiger partial charge in [0, 0.05) is 12.7 Å². The van der Waals surface area contributed by atoms with Crippen LogP contribution in [-0.4, -0.2) is 25.3 Å². The third-order valence-corrected chi connectivity index (χ3v) is 8.19. The van der Waals surface area contributed by atoms with Crippen LogP contribution in [0.1, 0.15) is 107 Å². The third kappa shape index (κ3) is 7.56. The van der Waals surface area contributed by atoms with E-state index in [-0.39, 0.29) is 35.4 Å². The van der Waals surface area contributed by atoms with Crippen LogP contribution in [0.5, 0.6) is 11.5 Å². The molecule has 2 saturated carbocycles. The van der Waals surface area contributed by atoms with Gasteiger partial charge in [0.1, 0.15) is 5.75 Å². The highest BCUT2D eigenvalue weighted by molar-refractivity contribution is 5.75. The van der Waals surface area contributed by atoms with E-state index in [2.05, 4.69) is 6.92 Å². The predicted octanol–water partition coefficient (Wildman–Crippen LogP) is 8.62. The van der Waals surface area contributed by atoms with Gasteiger partial charge in [0.05, 0.1) is 18.6 Å². The van der Waals surface area contributed by atoms with Crippen LogP contribution in [0.4, 0.5) is 13.2 Å². The Balaban J connectivity index is 1.29. The van der Waals surface area contributed by atoms with Crippen LogP contribution in [0.25, 0.3) is 0 Å². The summed E-state index contributed by atoms with van der Waals surface area (Å²) >= 11 is 0. The molecule has 2 aromatic rings. The Bertz CT molecular complexity index is 1090. The van der Waals surface area contributed by atoms with Crippen molar-refractivity contribution in [3.63, 3.8) is 0 Å². The fourth-order valence-corrected chi connectivity index (χ4v) is 5.86. The van der Waals surface area contributed by atoms with Crippen molar-refractivity contribution in [1.29, 1.82) is 0 Å². The quantitative estimate of drug-likeness (QED) is 0.161. The first-order valence-corrected chi connectivity index (χ1v) is 14.6.